The molecule has 0 fully saturated rings. The van der Waals surface area contributed by atoms with E-state index in [1.807, 2.05) is 0 Å². The van der Waals surface area contributed by atoms with E-state index in [-0.39, 0.29) is 29.2 Å². The highest BCUT2D eigenvalue weighted by atomic mass is 19.4. The van der Waals surface area contributed by atoms with Crippen molar-refractivity contribution in [3.63, 3.8) is 0 Å². The van der Waals surface area contributed by atoms with E-state index in [1.54, 1.807) is 0 Å². The lowest BCUT2D eigenvalue weighted by Gasteiger charge is -2.27. The summed E-state index contributed by atoms with van der Waals surface area (Å²) in [4.78, 5) is 27.4. The molecule has 0 N–H and O–H groups in total. The van der Waals surface area contributed by atoms with Gasteiger partial charge in [-0.3, -0.25) is 14.2 Å². The van der Waals surface area contributed by atoms with Crippen LogP contribution in [0.25, 0.3) is 0 Å². The van der Waals surface area contributed by atoms with Gasteiger partial charge in [-0.25, -0.2) is 9.88 Å². The minimum atomic E-state index is -5.43. The number of rotatable bonds is 3. The lowest BCUT2D eigenvalue weighted by Crippen LogP contribution is -2.35. The first-order valence-electron chi connectivity index (χ1n) is 8.26. The Morgan fingerprint density at radius 2 is 1.55 bits per heavy atom. The lowest BCUT2D eigenvalue weighted by molar-refractivity contribution is -0.143. The summed E-state index contributed by atoms with van der Waals surface area (Å²) in [6.07, 6.45) is -15.8. The van der Waals surface area contributed by atoms with Crippen LogP contribution in [0.15, 0.2) is 29.1 Å². The fourth-order valence-electron chi connectivity index (χ4n) is 2.66. The standard InChI is InChI=1S/C17H12F9N3O2/c1-3-28-13(31)7-12(17(24,25)26)27-14(28)29(8(2)30)11-5-4-9(15(18,19)20)6-10(11)16(21,22)23/h4-7H,3H2,1-2H3. The Bertz CT molecular complexity index is 1050. The minimum Gasteiger partial charge on any atom is -0.278 e. The second-order valence-corrected chi connectivity index (χ2v) is 6.10. The smallest absolute Gasteiger partial charge is 0.278 e. The van der Waals surface area contributed by atoms with Gasteiger partial charge in [0.05, 0.1) is 16.8 Å². The number of amides is 1. The molecule has 2 aromatic rings. The summed E-state index contributed by atoms with van der Waals surface area (Å²) in [5.41, 5.74) is -7.99. The van der Waals surface area contributed by atoms with Crippen molar-refractivity contribution in [2.75, 3.05) is 4.90 Å². The van der Waals surface area contributed by atoms with Crippen molar-refractivity contribution < 1.29 is 44.3 Å². The molecule has 0 unspecified atom stereocenters. The maximum Gasteiger partial charge on any atom is 0.433 e. The highest BCUT2D eigenvalue weighted by Gasteiger charge is 2.41. The van der Waals surface area contributed by atoms with Gasteiger partial charge in [0.1, 0.15) is 0 Å². The van der Waals surface area contributed by atoms with E-state index in [9.17, 15) is 49.1 Å². The molecular weight excluding hydrogens is 449 g/mol. The van der Waals surface area contributed by atoms with E-state index < -0.39 is 65.0 Å². The molecule has 1 aromatic carbocycles. The van der Waals surface area contributed by atoms with Crippen molar-refractivity contribution in [2.24, 2.45) is 0 Å². The van der Waals surface area contributed by atoms with Crippen LogP contribution in [0.5, 0.6) is 0 Å². The molecule has 170 valence electrons. The molecule has 1 amide bonds. The van der Waals surface area contributed by atoms with Crippen LogP contribution >= 0.6 is 0 Å². The van der Waals surface area contributed by atoms with Gasteiger partial charge < -0.3 is 0 Å². The van der Waals surface area contributed by atoms with Gasteiger partial charge in [0.15, 0.2) is 5.69 Å². The third kappa shape index (κ3) is 4.99. The highest BCUT2D eigenvalue weighted by molar-refractivity contribution is 5.98. The van der Waals surface area contributed by atoms with Gasteiger partial charge in [-0.2, -0.15) is 39.5 Å². The molecule has 1 aromatic heterocycles. The number of hydrogen-bond acceptors (Lipinski definition) is 3. The van der Waals surface area contributed by atoms with Crippen LogP contribution in [0.2, 0.25) is 0 Å². The van der Waals surface area contributed by atoms with E-state index in [0.29, 0.717) is 11.5 Å². The van der Waals surface area contributed by atoms with Crippen molar-refractivity contribution in [1.82, 2.24) is 9.55 Å². The molecule has 0 aliphatic heterocycles. The van der Waals surface area contributed by atoms with Crippen LogP contribution in [-0.4, -0.2) is 15.5 Å². The number of carbonyl (C=O) groups is 1. The van der Waals surface area contributed by atoms with Crippen LogP contribution in [0.1, 0.15) is 30.7 Å². The Hall–Kier alpha value is -3.06. The van der Waals surface area contributed by atoms with Crippen molar-refractivity contribution in [3.8, 4) is 0 Å². The Labute approximate surface area is 167 Å². The van der Waals surface area contributed by atoms with E-state index in [4.69, 9.17) is 0 Å². The SMILES string of the molecule is CCn1c(N(C(C)=O)c2ccc(C(F)(F)F)cc2C(F)(F)F)nc(C(F)(F)F)cc1=O. The molecule has 0 bridgehead atoms. The zero-order valence-electron chi connectivity index (χ0n) is 15.6. The summed E-state index contributed by atoms with van der Waals surface area (Å²) >= 11 is 0. The van der Waals surface area contributed by atoms with Crippen LogP contribution in [0.3, 0.4) is 0 Å². The number of alkyl halides is 9. The normalized spacial score (nSPS) is 12.7. The molecule has 0 aliphatic rings. The third-order valence-corrected chi connectivity index (χ3v) is 3.98. The van der Waals surface area contributed by atoms with Gasteiger partial charge in [-0.1, -0.05) is 0 Å². The van der Waals surface area contributed by atoms with Gasteiger partial charge >= 0.3 is 18.5 Å². The predicted molar refractivity (Wildman–Crippen MR) is 88.4 cm³/mol. The Morgan fingerprint density at radius 1 is 0.968 bits per heavy atom. The number of hydrogen-bond donors (Lipinski definition) is 0. The summed E-state index contributed by atoms with van der Waals surface area (Å²) in [5.74, 6) is -2.45. The van der Waals surface area contributed by atoms with E-state index in [1.165, 1.54) is 6.92 Å². The summed E-state index contributed by atoms with van der Waals surface area (Å²) in [7, 11) is 0. The number of benzene rings is 1. The fourth-order valence-corrected chi connectivity index (χ4v) is 2.66. The van der Waals surface area contributed by atoms with Crippen molar-refractivity contribution >= 4 is 17.5 Å². The molecule has 14 heteroatoms. The molecule has 0 saturated carbocycles. The number of anilines is 2. The molecule has 1 heterocycles. The van der Waals surface area contributed by atoms with Gasteiger partial charge in [-0.15, -0.1) is 0 Å². The van der Waals surface area contributed by atoms with Crippen LogP contribution < -0.4 is 10.5 Å². The Morgan fingerprint density at radius 3 is 1.97 bits per heavy atom. The minimum absolute atomic E-state index is 0.0170. The second kappa shape index (κ2) is 7.89. The molecule has 0 atom stereocenters. The number of aromatic nitrogens is 2. The molecule has 0 saturated heterocycles. The second-order valence-electron chi connectivity index (χ2n) is 6.10. The van der Waals surface area contributed by atoms with E-state index >= 15 is 0 Å². The number of halogens is 9. The summed E-state index contributed by atoms with van der Waals surface area (Å²) in [6.45, 7) is 1.50. The predicted octanol–water partition coefficient (Wildman–Crippen LogP) is 5.00. The largest absolute Gasteiger partial charge is 0.433 e. The van der Waals surface area contributed by atoms with Gasteiger partial charge in [0.25, 0.3) is 5.56 Å². The Balaban J connectivity index is 2.92. The van der Waals surface area contributed by atoms with Crippen LogP contribution in [-0.2, 0) is 29.9 Å². The first-order chi connectivity index (χ1) is 14.0. The first kappa shape index (κ1) is 24.2. The molecule has 2 rings (SSSR count). The Kier molecular flexibility index (Phi) is 6.16. The first-order valence-corrected chi connectivity index (χ1v) is 8.26. The van der Waals surface area contributed by atoms with Crippen LogP contribution in [0, 0.1) is 0 Å². The molecular formula is C17H12F9N3O2. The zero-order valence-corrected chi connectivity index (χ0v) is 15.6. The molecule has 0 radical (unpaired) electrons. The number of nitrogens with zero attached hydrogens (tertiary/aromatic N) is 3. The molecule has 31 heavy (non-hydrogen) atoms. The molecule has 0 aliphatic carbocycles. The average Bonchev–Trinajstić information content (AvgIpc) is 2.59. The topological polar surface area (TPSA) is 55.2 Å². The lowest BCUT2D eigenvalue weighted by atomic mass is 10.1. The van der Waals surface area contributed by atoms with Gasteiger partial charge in [0.2, 0.25) is 11.9 Å². The summed E-state index contributed by atoms with van der Waals surface area (Å²) in [5, 5.41) is 0. The fraction of sp³-hybridized carbons (Fsp3) is 0.353. The molecule has 5 nitrogen and oxygen atoms in total. The van der Waals surface area contributed by atoms with Crippen molar-refractivity contribution in [1.29, 1.82) is 0 Å². The van der Waals surface area contributed by atoms with Crippen molar-refractivity contribution in [3.05, 3.63) is 51.4 Å². The maximum atomic E-state index is 13.5. The van der Waals surface area contributed by atoms with Crippen LogP contribution in [0.4, 0.5) is 51.1 Å². The summed E-state index contributed by atoms with van der Waals surface area (Å²) < 4.78 is 119. The molecule has 0 spiro atoms. The van der Waals surface area contributed by atoms with Crippen molar-refractivity contribution in [2.45, 2.75) is 38.9 Å². The van der Waals surface area contributed by atoms with E-state index in [0.717, 1.165) is 0 Å². The number of carbonyl (C=O) groups excluding carboxylic acids is 1. The quantitative estimate of drug-likeness (QED) is 0.605. The highest BCUT2D eigenvalue weighted by Crippen LogP contribution is 2.42. The van der Waals surface area contributed by atoms with Gasteiger partial charge in [0, 0.05) is 19.5 Å². The summed E-state index contributed by atoms with van der Waals surface area (Å²) in [6, 6.07) is 0.304. The monoisotopic (exact) mass is 461 g/mol. The average molecular weight is 461 g/mol. The van der Waals surface area contributed by atoms with Gasteiger partial charge in [-0.05, 0) is 25.1 Å². The maximum absolute atomic E-state index is 13.5. The van der Waals surface area contributed by atoms with E-state index in [2.05, 4.69) is 4.98 Å². The third-order valence-electron chi connectivity index (χ3n) is 3.98. The zero-order chi connectivity index (χ0) is 23.9.